The zero-order chi connectivity index (χ0) is 14.9. The Morgan fingerprint density at radius 1 is 1.20 bits per heavy atom. The van der Waals surface area contributed by atoms with Crippen molar-refractivity contribution in [3.8, 4) is 0 Å². The van der Waals surface area contributed by atoms with E-state index in [1.807, 2.05) is 0 Å². The molecule has 1 N–H and O–H groups in total. The Labute approximate surface area is 120 Å². The molecule has 1 aliphatic rings. The van der Waals surface area contributed by atoms with Crippen LogP contribution in [0, 0.1) is 0 Å². The van der Waals surface area contributed by atoms with Crippen molar-refractivity contribution in [3.05, 3.63) is 35.4 Å². The number of carbonyl (C=O) groups is 2. The van der Waals surface area contributed by atoms with Crippen LogP contribution in [0.5, 0.6) is 0 Å². The van der Waals surface area contributed by atoms with E-state index < -0.39 is 32.8 Å². The zero-order valence-corrected chi connectivity index (χ0v) is 11.7. The van der Waals surface area contributed by atoms with Gasteiger partial charge in [-0.2, -0.15) is 8.42 Å². The number of fused-ring (bicyclic) bond motifs is 1. The molecule has 0 amide bonds. The summed E-state index contributed by atoms with van der Waals surface area (Å²) in [6.45, 7) is -0.335. The second-order valence-corrected chi connectivity index (χ2v) is 6.16. The second-order valence-electron chi connectivity index (χ2n) is 4.15. The molecule has 0 saturated carbocycles. The number of carbonyl (C=O) groups excluding carboxylic acids is 2. The van der Waals surface area contributed by atoms with E-state index in [1.54, 1.807) is 12.1 Å². The van der Waals surface area contributed by atoms with Gasteiger partial charge in [0.2, 0.25) is 5.78 Å². The Morgan fingerprint density at radius 2 is 1.80 bits per heavy atom. The van der Waals surface area contributed by atoms with Crippen molar-refractivity contribution in [2.24, 2.45) is 4.99 Å². The van der Waals surface area contributed by atoms with Crippen LogP contribution in [0.1, 0.15) is 20.7 Å². The van der Waals surface area contributed by atoms with E-state index in [2.05, 4.69) is 4.99 Å². The van der Waals surface area contributed by atoms with Crippen molar-refractivity contribution >= 4 is 39.0 Å². The van der Waals surface area contributed by atoms with Gasteiger partial charge in [0.15, 0.2) is 5.78 Å². The van der Waals surface area contributed by atoms with E-state index >= 15 is 0 Å². The lowest BCUT2D eigenvalue weighted by atomic mass is 9.88. The lowest BCUT2D eigenvalue weighted by molar-refractivity contribution is 0.0967. The topological polar surface area (TPSA) is 101 Å². The first-order valence-electron chi connectivity index (χ1n) is 5.63. The molecule has 20 heavy (non-hydrogen) atoms. The van der Waals surface area contributed by atoms with Crippen LogP contribution >= 0.6 is 11.6 Å². The molecule has 0 saturated heterocycles. The van der Waals surface area contributed by atoms with Gasteiger partial charge in [-0.15, -0.1) is 11.6 Å². The molecule has 0 aromatic heterocycles. The molecule has 0 aliphatic heterocycles. The number of halogens is 1. The lowest BCUT2D eigenvalue weighted by Gasteiger charge is -2.19. The van der Waals surface area contributed by atoms with Gasteiger partial charge in [0.05, 0.1) is 12.3 Å². The number of nitrogens with zero attached hydrogens (tertiary/aromatic N) is 1. The summed E-state index contributed by atoms with van der Waals surface area (Å²) in [4.78, 5) is 27.9. The summed E-state index contributed by atoms with van der Waals surface area (Å²) in [6.07, 6.45) is 0. The van der Waals surface area contributed by atoms with Crippen LogP contribution in [-0.4, -0.2) is 47.9 Å². The van der Waals surface area contributed by atoms with E-state index in [0.717, 1.165) is 0 Å². The molecule has 0 spiro atoms. The number of Topliss-reactive ketones (excluding diaryl/α,β-unsaturated/α-hetero) is 2. The van der Waals surface area contributed by atoms with Crippen LogP contribution in [0.3, 0.4) is 0 Å². The minimum Gasteiger partial charge on any atom is -0.292 e. The summed E-state index contributed by atoms with van der Waals surface area (Å²) in [5.41, 5.74) is 0.227. The number of benzene rings is 1. The molecule has 106 valence electrons. The standard InChI is InChI=1S/C12H10ClNO5S/c13-9-10(14-5-6-20(17,18)19)12(16)8-4-2-1-3-7(8)11(9)15/h1-4,9H,5-6H2,(H,17,18,19). The summed E-state index contributed by atoms with van der Waals surface area (Å²) < 4.78 is 29.8. The van der Waals surface area contributed by atoms with Gasteiger partial charge in [0.25, 0.3) is 10.1 Å². The van der Waals surface area contributed by atoms with E-state index in [-0.39, 0.29) is 23.4 Å². The maximum absolute atomic E-state index is 12.1. The van der Waals surface area contributed by atoms with Crippen LogP contribution in [0.2, 0.25) is 0 Å². The van der Waals surface area contributed by atoms with E-state index in [4.69, 9.17) is 16.2 Å². The highest BCUT2D eigenvalue weighted by atomic mass is 35.5. The van der Waals surface area contributed by atoms with Crippen LogP contribution in [0.15, 0.2) is 29.3 Å². The highest BCUT2D eigenvalue weighted by molar-refractivity contribution is 7.85. The summed E-state index contributed by atoms with van der Waals surface area (Å²) in [5.74, 6) is -1.59. The summed E-state index contributed by atoms with van der Waals surface area (Å²) in [7, 11) is -4.18. The molecule has 1 atom stereocenters. The Balaban J connectivity index is 2.35. The van der Waals surface area contributed by atoms with Gasteiger partial charge in [-0.25, -0.2) is 0 Å². The van der Waals surface area contributed by atoms with E-state index in [9.17, 15) is 18.0 Å². The minimum absolute atomic E-state index is 0.194. The van der Waals surface area contributed by atoms with Gasteiger partial charge in [-0.1, -0.05) is 24.3 Å². The molecule has 0 fully saturated rings. The predicted octanol–water partition coefficient (Wildman–Crippen LogP) is 1.00. The first-order chi connectivity index (χ1) is 9.31. The quantitative estimate of drug-likeness (QED) is 0.662. The molecule has 8 heteroatoms. The molecular weight excluding hydrogens is 306 g/mol. The monoisotopic (exact) mass is 315 g/mol. The van der Waals surface area contributed by atoms with E-state index in [1.165, 1.54) is 12.1 Å². The van der Waals surface area contributed by atoms with Crippen molar-refractivity contribution in [1.29, 1.82) is 0 Å². The van der Waals surface area contributed by atoms with Crippen LogP contribution in [0.25, 0.3) is 0 Å². The third kappa shape index (κ3) is 2.95. The van der Waals surface area contributed by atoms with Gasteiger partial charge in [0, 0.05) is 11.1 Å². The molecule has 2 rings (SSSR count). The van der Waals surface area contributed by atoms with Crippen LogP contribution in [0.4, 0.5) is 0 Å². The Morgan fingerprint density at radius 3 is 2.40 bits per heavy atom. The number of hydrogen-bond acceptors (Lipinski definition) is 5. The minimum atomic E-state index is -4.18. The van der Waals surface area contributed by atoms with Crippen molar-refractivity contribution in [1.82, 2.24) is 0 Å². The average Bonchev–Trinajstić information content (AvgIpc) is 2.39. The second kappa shape index (κ2) is 5.43. The Bertz CT molecular complexity index is 710. The van der Waals surface area contributed by atoms with Crippen molar-refractivity contribution in [2.45, 2.75) is 5.38 Å². The largest absolute Gasteiger partial charge is 0.292 e. The average molecular weight is 316 g/mol. The highest BCUT2D eigenvalue weighted by Gasteiger charge is 2.36. The number of rotatable bonds is 3. The third-order valence-electron chi connectivity index (χ3n) is 2.77. The van der Waals surface area contributed by atoms with E-state index in [0.29, 0.717) is 0 Å². The molecule has 6 nitrogen and oxygen atoms in total. The van der Waals surface area contributed by atoms with Crippen molar-refractivity contribution in [3.63, 3.8) is 0 Å². The predicted molar refractivity (Wildman–Crippen MR) is 73.5 cm³/mol. The van der Waals surface area contributed by atoms with Crippen molar-refractivity contribution < 1.29 is 22.6 Å². The molecule has 0 radical (unpaired) electrons. The molecule has 1 unspecified atom stereocenters. The molecular formula is C12H10ClNO5S. The SMILES string of the molecule is O=C1C(=NCCS(=O)(=O)O)C(Cl)C(=O)c2ccccc21. The number of hydrogen-bond donors (Lipinski definition) is 1. The summed E-state index contributed by atoms with van der Waals surface area (Å²) >= 11 is 5.89. The number of alkyl halides is 1. The van der Waals surface area contributed by atoms with Gasteiger partial charge in [-0.05, 0) is 0 Å². The summed E-state index contributed by atoms with van der Waals surface area (Å²) in [5, 5.41) is -1.24. The maximum atomic E-state index is 12.1. The molecule has 1 aliphatic carbocycles. The fourth-order valence-corrected chi connectivity index (χ4v) is 2.45. The van der Waals surface area contributed by atoms with Crippen LogP contribution in [-0.2, 0) is 10.1 Å². The molecule has 1 aromatic carbocycles. The van der Waals surface area contributed by atoms with Gasteiger partial charge in [-0.3, -0.25) is 19.1 Å². The summed E-state index contributed by atoms with van der Waals surface area (Å²) in [6, 6.07) is 6.21. The lowest BCUT2D eigenvalue weighted by Crippen LogP contribution is -2.38. The Hall–Kier alpha value is -1.57. The van der Waals surface area contributed by atoms with Crippen molar-refractivity contribution in [2.75, 3.05) is 12.3 Å². The number of ketones is 2. The highest BCUT2D eigenvalue weighted by Crippen LogP contribution is 2.23. The maximum Gasteiger partial charge on any atom is 0.266 e. The fraction of sp³-hybridized carbons (Fsp3) is 0.250. The van der Waals surface area contributed by atoms with Gasteiger partial charge in [0.1, 0.15) is 11.1 Å². The molecule has 0 bridgehead atoms. The first kappa shape index (κ1) is 14.8. The number of aliphatic imine (C=N–C) groups is 1. The smallest absolute Gasteiger partial charge is 0.266 e. The molecule has 1 aromatic rings. The normalized spacial score (nSPS) is 21.1. The Kier molecular flexibility index (Phi) is 4.03. The fourth-order valence-electron chi connectivity index (χ4n) is 1.84. The third-order valence-corrected chi connectivity index (χ3v) is 3.87. The van der Waals surface area contributed by atoms with Crippen LogP contribution < -0.4 is 0 Å². The zero-order valence-electron chi connectivity index (χ0n) is 10.1. The van der Waals surface area contributed by atoms with Gasteiger partial charge < -0.3 is 0 Å². The molecule has 0 heterocycles. The van der Waals surface area contributed by atoms with Gasteiger partial charge >= 0.3 is 0 Å². The first-order valence-corrected chi connectivity index (χ1v) is 7.67.